The maximum Gasteiger partial charge on any atom is 0.411 e. The van der Waals surface area contributed by atoms with E-state index in [0.717, 1.165) is 0 Å². The Morgan fingerprint density at radius 1 is 0.639 bits per heavy atom. The lowest BCUT2D eigenvalue weighted by Crippen LogP contribution is -2.53. The number of carbonyl (C=O) groups is 4. The Morgan fingerprint density at radius 3 is 1.19 bits per heavy atom. The Bertz CT molecular complexity index is 710. The molecule has 2 aliphatic heterocycles. The first-order valence-electron chi connectivity index (χ1n) is 12.0. The molecule has 0 unspecified atom stereocenters. The van der Waals surface area contributed by atoms with Crippen LogP contribution in [0.5, 0.6) is 0 Å². The first-order chi connectivity index (χ1) is 16.5. The van der Waals surface area contributed by atoms with Gasteiger partial charge in [0.1, 0.15) is 23.3 Å². The predicted molar refractivity (Wildman–Crippen MR) is 128 cm³/mol. The number of β-amino-alcohol motifs (C(OH)–C–C–N with tert-alkyl or cyclic N) is 2. The number of nitrogens with zero attached hydrogens (tertiary/aromatic N) is 2. The summed E-state index contributed by atoms with van der Waals surface area (Å²) in [6.07, 6.45) is -0.747. The van der Waals surface area contributed by atoms with Crippen molar-refractivity contribution in [3.8, 4) is 0 Å². The smallest absolute Gasteiger partial charge is 0.411 e. The van der Waals surface area contributed by atoms with Gasteiger partial charge in [0.15, 0.2) is 0 Å². The van der Waals surface area contributed by atoms with Gasteiger partial charge in [-0.25, -0.2) is 19.2 Å². The molecule has 2 fully saturated rings. The molecule has 36 heavy (non-hydrogen) atoms. The highest BCUT2D eigenvalue weighted by Crippen LogP contribution is 2.23. The molecule has 2 saturated heterocycles. The van der Waals surface area contributed by atoms with Crippen LogP contribution < -0.4 is 0 Å². The zero-order valence-electron chi connectivity index (χ0n) is 22.6. The summed E-state index contributed by atoms with van der Waals surface area (Å²) >= 11 is 0. The van der Waals surface area contributed by atoms with Gasteiger partial charge in [0.25, 0.3) is 0 Å². The van der Waals surface area contributed by atoms with E-state index in [1.54, 1.807) is 41.5 Å². The van der Waals surface area contributed by atoms with Crippen LogP contribution in [0, 0.1) is 0 Å². The predicted octanol–water partition coefficient (Wildman–Crippen LogP) is 1.84. The van der Waals surface area contributed by atoms with Gasteiger partial charge in [-0.15, -0.1) is 0 Å². The van der Waals surface area contributed by atoms with Crippen molar-refractivity contribution in [1.82, 2.24) is 9.80 Å². The van der Waals surface area contributed by atoms with Gasteiger partial charge in [0.2, 0.25) is 0 Å². The molecule has 2 N–H and O–H groups in total. The lowest BCUT2D eigenvalue weighted by atomic mass is 10.0. The molecule has 208 valence electrons. The van der Waals surface area contributed by atoms with Crippen LogP contribution in [0.3, 0.4) is 0 Å². The van der Waals surface area contributed by atoms with E-state index in [4.69, 9.17) is 9.47 Å². The summed E-state index contributed by atoms with van der Waals surface area (Å²) in [7, 11) is 2.56. The Balaban J connectivity index is 0.000000360. The van der Waals surface area contributed by atoms with Crippen LogP contribution in [-0.4, -0.2) is 107 Å². The summed E-state index contributed by atoms with van der Waals surface area (Å²) in [6, 6.07) is -1.35. The van der Waals surface area contributed by atoms with E-state index in [1.165, 1.54) is 24.0 Å². The SMILES string of the molecule is COC(=O)[C@@H]1CC[C@@H](O)CN1C(=O)OC(C)(C)C.COC(=O)[C@H]1CC[C@H](O)CN1C(=O)OC(C)(C)C. The van der Waals surface area contributed by atoms with Gasteiger partial charge in [0, 0.05) is 0 Å². The topological polar surface area (TPSA) is 152 Å². The van der Waals surface area contributed by atoms with Crippen molar-refractivity contribution < 1.29 is 48.3 Å². The van der Waals surface area contributed by atoms with Crippen LogP contribution in [0.4, 0.5) is 9.59 Å². The quantitative estimate of drug-likeness (QED) is 0.409. The van der Waals surface area contributed by atoms with Crippen molar-refractivity contribution in [3.63, 3.8) is 0 Å². The number of methoxy groups -OCH3 is 2. The van der Waals surface area contributed by atoms with Crippen molar-refractivity contribution in [3.05, 3.63) is 0 Å². The van der Waals surface area contributed by atoms with Crippen LogP contribution in [-0.2, 0) is 28.5 Å². The average molecular weight is 519 g/mol. The minimum Gasteiger partial charge on any atom is -0.467 e. The van der Waals surface area contributed by atoms with Crippen molar-refractivity contribution >= 4 is 24.1 Å². The van der Waals surface area contributed by atoms with Gasteiger partial charge in [-0.1, -0.05) is 0 Å². The van der Waals surface area contributed by atoms with Crippen LogP contribution in [0.25, 0.3) is 0 Å². The summed E-state index contributed by atoms with van der Waals surface area (Å²) in [5.74, 6) is -0.958. The summed E-state index contributed by atoms with van der Waals surface area (Å²) in [4.78, 5) is 49.6. The number of rotatable bonds is 2. The van der Waals surface area contributed by atoms with Crippen LogP contribution in [0.2, 0.25) is 0 Å². The summed E-state index contributed by atoms with van der Waals surface area (Å²) in [5.41, 5.74) is -1.28. The third-order valence-electron chi connectivity index (χ3n) is 5.32. The second kappa shape index (κ2) is 13.1. The zero-order chi connectivity index (χ0) is 27.8. The molecule has 2 rings (SSSR count). The maximum atomic E-state index is 12.0. The molecule has 0 aliphatic carbocycles. The number of piperidine rings is 2. The first-order valence-corrected chi connectivity index (χ1v) is 12.0. The van der Waals surface area contributed by atoms with E-state index in [-0.39, 0.29) is 13.1 Å². The Labute approximate surface area is 212 Å². The van der Waals surface area contributed by atoms with Gasteiger partial charge in [-0.05, 0) is 67.2 Å². The Hall–Kier alpha value is -2.60. The molecule has 2 amide bonds. The molecule has 0 bridgehead atoms. The number of ether oxygens (including phenoxy) is 4. The van der Waals surface area contributed by atoms with Gasteiger partial charge >= 0.3 is 24.1 Å². The molecule has 4 atom stereocenters. The lowest BCUT2D eigenvalue weighted by molar-refractivity contribution is -0.150. The number of carbonyl (C=O) groups excluding carboxylic acids is 4. The normalized spacial score (nSPS) is 24.6. The number of amides is 2. The highest BCUT2D eigenvalue weighted by atomic mass is 16.6. The molecular formula is C24H42N2O10. The van der Waals surface area contributed by atoms with Crippen molar-refractivity contribution in [2.24, 2.45) is 0 Å². The third-order valence-corrected chi connectivity index (χ3v) is 5.32. The largest absolute Gasteiger partial charge is 0.467 e. The molecule has 12 heteroatoms. The highest BCUT2D eigenvalue weighted by Gasteiger charge is 2.39. The number of hydrogen-bond donors (Lipinski definition) is 2. The first kappa shape index (κ1) is 31.4. The lowest BCUT2D eigenvalue weighted by Gasteiger charge is -2.36. The fraction of sp³-hybridized carbons (Fsp3) is 0.833. The molecule has 0 aromatic carbocycles. The average Bonchev–Trinajstić information content (AvgIpc) is 2.76. The summed E-state index contributed by atoms with van der Waals surface area (Å²) < 4.78 is 19.8. The van der Waals surface area contributed by atoms with Crippen LogP contribution >= 0.6 is 0 Å². The molecule has 12 nitrogen and oxygen atoms in total. The Morgan fingerprint density at radius 2 is 0.944 bits per heavy atom. The molecule has 2 heterocycles. The van der Waals surface area contributed by atoms with Crippen molar-refractivity contribution in [1.29, 1.82) is 0 Å². The van der Waals surface area contributed by atoms with Crippen molar-refractivity contribution in [2.75, 3.05) is 27.3 Å². The molecular weight excluding hydrogens is 476 g/mol. The molecule has 0 aromatic rings. The van der Waals surface area contributed by atoms with E-state index >= 15 is 0 Å². The standard InChI is InChI=1S/2C12H21NO5/c2*1-12(2,3)18-11(16)13-7-8(14)5-6-9(13)10(15)17-4/h2*8-9,14H,5-7H2,1-4H3/t2*8-,9+/m10/s1. The number of aliphatic hydroxyl groups is 2. The minimum atomic E-state index is -0.673. The fourth-order valence-electron chi connectivity index (χ4n) is 3.71. The minimum absolute atomic E-state index is 0.0919. The number of hydrogen-bond acceptors (Lipinski definition) is 10. The zero-order valence-corrected chi connectivity index (χ0v) is 22.6. The van der Waals surface area contributed by atoms with E-state index in [0.29, 0.717) is 25.7 Å². The van der Waals surface area contributed by atoms with Gasteiger partial charge in [0.05, 0.1) is 39.5 Å². The fourth-order valence-corrected chi connectivity index (χ4v) is 3.71. The van der Waals surface area contributed by atoms with Gasteiger partial charge < -0.3 is 29.2 Å². The number of likely N-dealkylation sites (tertiary alicyclic amines) is 2. The highest BCUT2D eigenvalue weighted by molar-refractivity contribution is 5.82. The van der Waals surface area contributed by atoms with Crippen molar-refractivity contribution in [2.45, 2.75) is 103 Å². The molecule has 0 radical (unpaired) electrons. The van der Waals surface area contributed by atoms with E-state index < -0.39 is 59.6 Å². The van der Waals surface area contributed by atoms with E-state index in [1.807, 2.05) is 0 Å². The second-order valence-corrected chi connectivity index (χ2v) is 10.8. The number of aliphatic hydroxyl groups excluding tert-OH is 2. The molecule has 0 aromatic heterocycles. The van der Waals surface area contributed by atoms with E-state index in [2.05, 4.69) is 9.47 Å². The van der Waals surface area contributed by atoms with Crippen LogP contribution in [0.15, 0.2) is 0 Å². The maximum absolute atomic E-state index is 12.0. The summed E-state index contributed by atoms with van der Waals surface area (Å²) in [5, 5.41) is 19.2. The van der Waals surface area contributed by atoms with Gasteiger partial charge in [-0.2, -0.15) is 0 Å². The Kier molecular flexibility index (Phi) is 11.4. The molecule has 0 saturated carbocycles. The second-order valence-electron chi connectivity index (χ2n) is 10.8. The molecule has 2 aliphatic rings. The van der Waals surface area contributed by atoms with Gasteiger partial charge in [-0.3, -0.25) is 9.80 Å². The monoisotopic (exact) mass is 518 g/mol. The third kappa shape index (κ3) is 10.2. The van der Waals surface area contributed by atoms with E-state index in [9.17, 15) is 29.4 Å². The number of esters is 2. The summed E-state index contributed by atoms with van der Waals surface area (Å²) in [6.45, 7) is 10.7. The molecule has 0 spiro atoms. The van der Waals surface area contributed by atoms with Crippen LogP contribution in [0.1, 0.15) is 67.2 Å².